The molecule has 1 atom stereocenters. The van der Waals surface area contributed by atoms with Crippen LogP contribution in [0, 0.1) is 13.8 Å². The summed E-state index contributed by atoms with van der Waals surface area (Å²) in [7, 11) is 0. The van der Waals surface area contributed by atoms with Crippen LogP contribution in [0.1, 0.15) is 17.5 Å². The lowest BCUT2D eigenvalue weighted by Crippen LogP contribution is -2.27. The van der Waals surface area contributed by atoms with Crippen LogP contribution in [-0.4, -0.2) is 23.5 Å². The van der Waals surface area contributed by atoms with Gasteiger partial charge in [-0.05, 0) is 37.5 Å². The molecule has 0 saturated carbocycles. The quantitative estimate of drug-likeness (QED) is 0.808. The van der Waals surface area contributed by atoms with E-state index in [1.165, 1.54) is 21.7 Å². The molecule has 0 aromatic heterocycles. The van der Waals surface area contributed by atoms with Gasteiger partial charge in [-0.25, -0.2) is 0 Å². The van der Waals surface area contributed by atoms with Crippen molar-refractivity contribution in [3.8, 4) is 0 Å². The highest BCUT2D eigenvalue weighted by atomic mass is 32.2. The summed E-state index contributed by atoms with van der Waals surface area (Å²) in [5.41, 5.74) is 3.89. The van der Waals surface area contributed by atoms with Crippen LogP contribution in [0.3, 0.4) is 0 Å². The van der Waals surface area contributed by atoms with Crippen LogP contribution in [0.2, 0.25) is 0 Å². The van der Waals surface area contributed by atoms with Crippen LogP contribution in [0.15, 0.2) is 17.0 Å². The molecule has 3 heteroatoms. The van der Waals surface area contributed by atoms with E-state index < -0.39 is 0 Å². The molecule has 0 radical (unpaired) electrons. The maximum Gasteiger partial charge on any atom is 0.0486 e. The Kier molecular flexibility index (Phi) is 3.22. The number of benzene rings is 1. The standard InChI is InChI=1S/C12H17NOS/c1-8-5-9(2)12-11(6-8)13-10(3-4-14)7-15-12/h5-6,10,13-14H,3-4,7H2,1-2H3. The van der Waals surface area contributed by atoms with Gasteiger partial charge < -0.3 is 10.4 Å². The minimum Gasteiger partial charge on any atom is -0.396 e. The first-order valence-electron chi connectivity index (χ1n) is 5.32. The molecule has 1 aliphatic rings. The highest BCUT2D eigenvalue weighted by Gasteiger charge is 2.19. The number of fused-ring (bicyclic) bond motifs is 1. The van der Waals surface area contributed by atoms with Crippen LogP contribution in [0.5, 0.6) is 0 Å². The van der Waals surface area contributed by atoms with E-state index in [1.54, 1.807) is 0 Å². The molecule has 1 aromatic rings. The minimum atomic E-state index is 0.262. The number of aryl methyl sites for hydroxylation is 2. The van der Waals surface area contributed by atoms with Crippen LogP contribution < -0.4 is 5.32 Å². The van der Waals surface area contributed by atoms with Crippen molar-refractivity contribution in [1.29, 1.82) is 0 Å². The van der Waals surface area contributed by atoms with Crippen molar-refractivity contribution in [2.24, 2.45) is 0 Å². The zero-order valence-corrected chi connectivity index (χ0v) is 10.0. The van der Waals surface area contributed by atoms with Crippen molar-refractivity contribution in [3.63, 3.8) is 0 Å². The van der Waals surface area contributed by atoms with Gasteiger partial charge in [-0.15, -0.1) is 11.8 Å². The minimum absolute atomic E-state index is 0.262. The highest BCUT2D eigenvalue weighted by molar-refractivity contribution is 7.99. The fourth-order valence-electron chi connectivity index (χ4n) is 2.01. The Hall–Kier alpha value is -0.670. The predicted molar refractivity (Wildman–Crippen MR) is 65.8 cm³/mol. The molecule has 82 valence electrons. The smallest absolute Gasteiger partial charge is 0.0486 e. The second kappa shape index (κ2) is 4.45. The van der Waals surface area contributed by atoms with E-state index in [2.05, 4.69) is 31.3 Å². The van der Waals surface area contributed by atoms with Gasteiger partial charge in [0, 0.05) is 29.0 Å². The maximum atomic E-state index is 8.93. The maximum absolute atomic E-state index is 8.93. The monoisotopic (exact) mass is 223 g/mol. The van der Waals surface area contributed by atoms with Gasteiger partial charge in [-0.2, -0.15) is 0 Å². The number of hydrogen-bond acceptors (Lipinski definition) is 3. The number of aliphatic hydroxyl groups is 1. The van der Waals surface area contributed by atoms with Crippen LogP contribution in [-0.2, 0) is 0 Å². The molecule has 1 aromatic carbocycles. The number of thioether (sulfide) groups is 1. The van der Waals surface area contributed by atoms with Gasteiger partial charge in [-0.1, -0.05) is 6.07 Å². The summed E-state index contributed by atoms with van der Waals surface area (Å²) in [6.07, 6.45) is 0.833. The third kappa shape index (κ3) is 2.29. The van der Waals surface area contributed by atoms with Gasteiger partial charge in [0.25, 0.3) is 0 Å². The molecular weight excluding hydrogens is 206 g/mol. The molecule has 2 nitrogen and oxygen atoms in total. The lowest BCUT2D eigenvalue weighted by atomic mass is 10.1. The average Bonchev–Trinajstić information content (AvgIpc) is 2.17. The lowest BCUT2D eigenvalue weighted by molar-refractivity contribution is 0.282. The largest absolute Gasteiger partial charge is 0.396 e. The normalized spacial score (nSPS) is 19.5. The Morgan fingerprint density at radius 3 is 3.00 bits per heavy atom. The number of rotatable bonds is 2. The number of aliphatic hydroxyl groups excluding tert-OH is 1. The molecule has 1 unspecified atom stereocenters. The van der Waals surface area contributed by atoms with E-state index in [-0.39, 0.29) is 6.61 Å². The Morgan fingerprint density at radius 1 is 1.47 bits per heavy atom. The first-order chi connectivity index (χ1) is 7.20. The van der Waals surface area contributed by atoms with E-state index in [0.717, 1.165) is 12.2 Å². The first-order valence-corrected chi connectivity index (χ1v) is 6.30. The second-order valence-corrected chi connectivity index (χ2v) is 5.15. The Bertz CT molecular complexity index is 365. The van der Waals surface area contributed by atoms with E-state index in [9.17, 15) is 0 Å². The molecule has 0 amide bonds. The van der Waals surface area contributed by atoms with Crippen molar-refractivity contribution in [2.45, 2.75) is 31.2 Å². The van der Waals surface area contributed by atoms with Gasteiger partial charge in [0.05, 0.1) is 0 Å². The molecule has 0 saturated heterocycles. The molecule has 0 spiro atoms. The third-order valence-electron chi connectivity index (χ3n) is 2.69. The number of nitrogens with one attached hydrogen (secondary N) is 1. The number of hydrogen-bond donors (Lipinski definition) is 2. The zero-order chi connectivity index (χ0) is 10.8. The molecule has 1 heterocycles. The Morgan fingerprint density at radius 2 is 2.27 bits per heavy atom. The summed E-state index contributed by atoms with van der Waals surface area (Å²) in [5, 5.41) is 12.4. The van der Waals surface area contributed by atoms with E-state index >= 15 is 0 Å². The van der Waals surface area contributed by atoms with Crippen LogP contribution in [0.4, 0.5) is 5.69 Å². The second-order valence-electron chi connectivity index (χ2n) is 4.12. The van der Waals surface area contributed by atoms with Crippen molar-refractivity contribution in [3.05, 3.63) is 23.3 Å². The summed E-state index contributed by atoms with van der Waals surface area (Å²) in [6.45, 7) is 4.54. The third-order valence-corrected chi connectivity index (χ3v) is 4.08. The molecular formula is C12H17NOS. The van der Waals surface area contributed by atoms with E-state index in [0.29, 0.717) is 6.04 Å². The molecule has 1 aliphatic heterocycles. The highest BCUT2D eigenvalue weighted by Crippen LogP contribution is 2.37. The SMILES string of the molecule is Cc1cc(C)c2c(c1)NC(CCO)CS2. The van der Waals surface area contributed by atoms with Crippen molar-refractivity contribution in [2.75, 3.05) is 17.7 Å². The fourth-order valence-corrected chi connectivity index (χ4v) is 3.19. The summed E-state index contributed by atoms with van der Waals surface area (Å²) in [6, 6.07) is 4.83. The number of anilines is 1. The Labute approximate surface area is 95.1 Å². The molecule has 0 bridgehead atoms. The van der Waals surface area contributed by atoms with Crippen molar-refractivity contribution >= 4 is 17.4 Å². The van der Waals surface area contributed by atoms with Gasteiger partial charge in [0.15, 0.2) is 0 Å². The summed E-state index contributed by atoms with van der Waals surface area (Å²) in [4.78, 5) is 1.37. The van der Waals surface area contributed by atoms with Gasteiger partial charge in [-0.3, -0.25) is 0 Å². The summed E-state index contributed by atoms with van der Waals surface area (Å²) in [5.74, 6) is 1.05. The topological polar surface area (TPSA) is 32.3 Å². The van der Waals surface area contributed by atoms with Crippen LogP contribution in [0.25, 0.3) is 0 Å². The van der Waals surface area contributed by atoms with Gasteiger partial charge in [0.2, 0.25) is 0 Å². The average molecular weight is 223 g/mol. The zero-order valence-electron chi connectivity index (χ0n) is 9.21. The molecule has 0 aliphatic carbocycles. The molecule has 0 fully saturated rings. The van der Waals surface area contributed by atoms with E-state index in [1.807, 2.05) is 11.8 Å². The predicted octanol–water partition coefficient (Wildman–Crippen LogP) is 2.57. The molecule has 2 rings (SSSR count). The molecule has 15 heavy (non-hydrogen) atoms. The Balaban J connectivity index is 2.25. The van der Waals surface area contributed by atoms with E-state index in [4.69, 9.17) is 5.11 Å². The molecule has 2 N–H and O–H groups in total. The van der Waals surface area contributed by atoms with Crippen molar-refractivity contribution in [1.82, 2.24) is 0 Å². The fraction of sp³-hybridized carbons (Fsp3) is 0.500. The summed E-state index contributed by atoms with van der Waals surface area (Å²) < 4.78 is 0. The summed E-state index contributed by atoms with van der Waals surface area (Å²) >= 11 is 1.90. The first kappa shape index (κ1) is 10.8. The van der Waals surface area contributed by atoms with Crippen molar-refractivity contribution < 1.29 is 5.11 Å². The van der Waals surface area contributed by atoms with Gasteiger partial charge >= 0.3 is 0 Å². The van der Waals surface area contributed by atoms with Crippen LogP contribution >= 0.6 is 11.8 Å². The lowest BCUT2D eigenvalue weighted by Gasteiger charge is -2.27. The van der Waals surface area contributed by atoms with Gasteiger partial charge in [0.1, 0.15) is 0 Å².